The molecule has 0 saturated heterocycles. The molecule has 0 aliphatic heterocycles. The van der Waals surface area contributed by atoms with E-state index in [1.807, 2.05) is 0 Å². The van der Waals surface area contributed by atoms with Gasteiger partial charge in [0.25, 0.3) is 0 Å². The maximum atomic E-state index is 4.67. The van der Waals surface area contributed by atoms with Crippen LogP contribution in [0.2, 0.25) is 0 Å². The maximum Gasteiger partial charge on any atom is 0.0738 e. The van der Waals surface area contributed by atoms with E-state index in [2.05, 4.69) is 58.7 Å². The van der Waals surface area contributed by atoms with Gasteiger partial charge in [-0.25, -0.2) is 0 Å². The molecule has 18 heavy (non-hydrogen) atoms. The van der Waals surface area contributed by atoms with Crippen LogP contribution in [-0.4, -0.2) is 22.9 Å². The molecule has 0 radical (unpaired) electrons. The third-order valence-electron chi connectivity index (χ3n) is 3.89. The molecule has 2 atom stereocenters. The van der Waals surface area contributed by atoms with E-state index in [0.717, 1.165) is 30.6 Å². The van der Waals surface area contributed by atoms with Crippen molar-refractivity contribution in [2.45, 2.75) is 46.6 Å². The van der Waals surface area contributed by atoms with Gasteiger partial charge in [0, 0.05) is 6.54 Å². The average molecular weight is 314 g/mol. The van der Waals surface area contributed by atoms with Crippen molar-refractivity contribution in [3.05, 3.63) is 15.9 Å². The molecule has 0 aromatic carbocycles. The molecule has 1 heterocycles. The number of nitrogens with zero attached hydrogens (tertiary/aromatic N) is 2. The molecule has 4 heteroatoms. The van der Waals surface area contributed by atoms with E-state index in [-0.39, 0.29) is 0 Å². The Hall–Kier alpha value is -0.350. The quantitative estimate of drug-likeness (QED) is 0.902. The zero-order chi connectivity index (χ0) is 13.3. The molecule has 1 aromatic heterocycles. The van der Waals surface area contributed by atoms with Gasteiger partial charge in [-0.3, -0.25) is 4.68 Å². The first-order chi connectivity index (χ1) is 8.50. The smallest absolute Gasteiger partial charge is 0.0738 e. The molecule has 102 valence electrons. The summed E-state index contributed by atoms with van der Waals surface area (Å²) in [7, 11) is 0. The number of hydrogen-bond donors (Lipinski definition) is 1. The molecular weight excluding hydrogens is 290 g/mol. The average Bonchev–Trinajstić information content (AvgIpc) is 2.51. The first kappa shape index (κ1) is 14.1. The summed E-state index contributed by atoms with van der Waals surface area (Å²) >= 11 is 3.61. The molecule has 1 aliphatic rings. The van der Waals surface area contributed by atoms with Crippen molar-refractivity contribution in [2.24, 2.45) is 11.8 Å². The number of hydrogen-bond acceptors (Lipinski definition) is 2. The lowest BCUT2D eigenvalue weighted by atomic mass is 9.79. The van der Waals surface area contributed by atoms with Gasteiger partial charge in [-0.2, -0.15) is 5.10 Å². The summed E-state index contributed by atoms with van der Waals surface area (Å²) in [6.45, 7) is 11.0. The van der Waals surface area contributed by atoms with E-state index in [0.29, 0.717) is 6.04 Å². The van der Waals surface area contributed by atoms with Crippen LogP contribution < -0.4 is 5.32 Å². The molecule has 1 aromatic rings. The predicted octanol–water partition coefficient (Wildman–Crippen LogP) is 3.46. The molecule has 1 N–H and O–H groups in total. The number of rotatable bonds is 5. The number of nitrogens with one attached hydrogen (secondary N) is 1. The number of halogens is 1. The predicted molar refractivity (Wildman–Crippen MR) is 78.9 cm³/mol. The van der Waals surface area contributed by atoms with Crippen LogP contribution in [0, 0.1) is 25.7 Å². The van der Waals surface area contributed by atoms with Crippen LogP contribution in [0.5, 0.6) is 0 Å². The largest absolute Gasteiger partial charge is 0.316 e. The third kappa shape index (κ3) is 2.80. The number of aryl methyl sites for hydroxylation is 1. The summed E-state index contributed by atoms with van der Waals surface area (Å²) < 4.78 is 3.40. The summed E-state index contributed by atoms with van der Waals surface area (Å²) in [6.07, 6.45) is 2.59. The Kier molecular flexibility index (Phi) is 4.49. The SMILES string of the molecule is Cc1nn(C2CCC2CNCC(C)C)c(C)c1Br. The summed E-state index contributed by atoms with van der Waals surface area (Å²) in [5.74, 6) is 1.47. The Balaban J connectivity index is 1.95. The standard InChI is InChI=1S/C14H24BrN3/c1-9(2)7-16-8-12-5-6-13(12)18-11(4)14(15)10(3)17-18/h9,12-13,16H,5-8H2,1-4H3. The van der Waals surface area contributed by atoms with Crippen molar-refractivity contribution in [3.63, 3.8) is 0 Å². The van der Waals surface area contributed by atoms with Crippen molar-refractivity contribution in [1.29, 1.82) is 0 Å². The molecule has 3 nitrogen and oxygen atoms in total. The fourth-order valence-electron chi connectivity index (χ4n) is 2.63. The van der Waals surface area contributed by atoms with Crippen LogP contribution in [-0.2, 0) is 0 Å². The first-order valence-electron chi connectivity index (χ1n) is 6.92. The topological polar surface area (TPSA) is 29.9 Å². The van der Waals surface area contributed by atoms with Gasteiger partial charge in [-0.1, -0.05) is 13.8 Å². The van der Waals surface area contributed by atoms with Crippen molar-refractivity contribution >= 4 is 15.9 Å². The molecule has 0 spiro atoms. The van der Waals surface area contributed by atoms with E-state index in [1.165, 1.54) is 23.0 Å². The zero-order valence-electron chi connectivity index (χ0n) is 11.8. The van der Waals surface area contributed by atoms with Crippen LogP contribution in [0.25, 0.3) is 0 Å². The van der Waals surface area contributed by atoms with Crippen molar-refractivity contribution in [1.82, 2.24) is 15.1 Å². The van der Waals surface area contributed by atoms with Crippen molar-refractivity contribution in [2.75, 3.05) is 13.1 Å². The fourth-order valence-corrected chi connectivity index (χ4v) is 2.90. The molecule has 2 rings (SSSR count). The second-order valence-electron chi connectivity index (χ2n) is 5.89. The highest BCUT2D eigenvalue weighted by molar-refractivity contribution is 9.10. The molecule has 2 unspecified atom stereocenters. The summed E-state index contributed by atoms with van der Waals surface area (Å²) in [6, 6.07) is 0.592. The first-order valence-corrected chi connectivity index (χ1v) is 7.72. The van der Waals surface area contributed by atoms with Crippen LogP contribution in [0.4, 0.5) is 0 Å². The van der Waals surface area contributed by atoms with Gasteiger partial charge in [0.15, 0.2) is 0 Å². The van der Waals surface area contributed by atoms with Gasteiger partial charge < -0.3 is 5.32 Å². The van der Waals surface area contributed by atoms with Crippen molar-refractivity contribution in [3.8, 4) is 0 Å². The summed E-state index contributed by atoms with van der Waals surface area (Å²) in [5, 5.41) is 8.24. The van der Waals surface area contributed by atoms with Crippen LogP contribution >= 0.6 is 15.9 Å². The normalized spacial score (nSPS) is 23.4. The van der Waals surface area contributed by atoms with Crippen molar-refractivity contribution < 1.29 is 0 Å². The Labute approximate surface area is 118 Å². The van der Waals surface area contributed by atoms with Crippen LogP contribution in [0.15, 0.2) is 4.47 Å². The van der Waals surface area contributed by atoms with E-state index in [1.54, 1.807) is 0 Å². The molecular formula is C14H24BrN3. The summed E-state index contributed by atoms with van der Waals surface area (Å²) in [4.78, 5) is 0. The highest BCUT2D eigenvalue weighted by Gasteiger charge is 2.34. The fraction of sp³-hybridized carbons (Fsp3) is 0.786. The van der Waals surface area contributed by atoms with E-state index in [9.17, 15) is 0 Å². The van der Waals surface area contributed by atoms with Gasteiger partial charge in [0.1, 0.15) is 0 Å². The molecule has 1 aliphatic carbocycles. The Morgan fingerprint density at radius 2 is 2.11 bits per heavy atom. The summed E-state index contributed by atoms with van der Waals surface area (Å²) in [5.41, 5.74) is 2.37. The minimum Gasteiger partial charge on any atom is -0.316 e. The lowest BCUT2D eigenvalue weighted by Crippen LogP contribution is -2.38. The van der Waals surface area contributed by atoms with E-state index in [4.69, 9.17) is 0 Å². The molecule has 0 bridgehead atoms. The monoisotopic (exact) mass is 313 g/mol. The molecule has 1 fully saturated rings. The van der Waals surface area contributed by atoms with E-state index >= 15 is 0 Å². The maximum absolute atomic E-state index is 4.67. The highest BCUT2D eigenvalue weighted by Crippen LogP contribution is 2.39. The Morgan fingerprint density at radius 1 is 1.39 bits per heavy atom. The Morgan fingerprint density at radius 3 is 2.56 bits per heavy atom. The minimum absolute atomic E-state index is 0.592. The van der Waals surface area contributed by atoms with Crippen LogP contribution in [0.1, 0.15) is 44.1 Å². The van der Waals surface area contributed by atoms with Gasteiger partial charge in [0.05, 0.1) is 21.9 Å². The van der Waals surface area contributed by atoms with Crippen LogP contribution in [0.3, 0.4) is 0 Å². The Bertz CT molecular complexity index is 411. The lowest BCUT2D eigenvalue weighted by molar-refractivity contribution is 0.159. The van der Waals surface area contributed by atoms with E-state index < -0.39 is 0 Å². The molecule has 1 saturated carbocycles. The second-order valence-corrected chi connectivity index (χ2v) is 6.68. The van der Waals surface area contributed by atoms with Gasteiger partial charge in [-0.05, 0) is 61.0 Å². The second kappa shape index (κ2) is 5.74. The lowest BCUT2D eigenvalue weighted by Gasteiger charge is -2.37. The number of aromatic nitrogens is 2. The highest BCUT2D eigenvalue weighted by atomic mass is 79.9. The minimum atomic E-state index is 0.592. The zero-order valence-corrected chi connectivity index (χ0v) is 13.4. The molecule has 0 amide bonds. The van der Waals surface area contributed by atoms with Gasteiger partial charge in [-0.15, -0.1) is 0 Å². The van der Waals surface area contributed by atoms with Gasteiger partial charge >= 0.3 is 0 Å². The van der Waals surface area contributed by atoms with Gasteiger partial charge in [0.2, 0.25) is 0 Å². The third-order valence-corrected chi connectivity index (χ3v) is 5.03.